The highest BCUT2D eigenvalue weighted by Gasteiger charge is 2.30. The number of rotatable bonds is 6. The molecule has 3 N–H and O–H groups in total. The van der Waals surface area contributed by atoms with Crippen LogP contribution >= 0.6 is 11.6 Å². The maximum absolute atomic E-state index is 13.9. The zero-order valence-corrected chi connectivity index (χ0v) is 17.8. The average Bonchev–Trinajstić information content (AvgIpc) is 3.29. The number of halogens is 3. The molecule has 0 radical (unpaired) electrons. The lowest BCUT2D eigenvalue weighted by molar-refractivity contribution is 0.0937. The highest BCUT2D eigenvalue weighted by atomic mass is 35.5. The smallest absolute Gasteiger partial charge is 0.270 e. The summed E-state index contributed by atoms with van der Waals surface area (Å²) in [5.41, 5.74) is 6.85. The van der Waals surface area contributed by atoms with Crippen LogP contribution in [0.3, 0.4) is 0 Å². The lowest BCUT2D eigenvalue weighted by Gasteiger charge is -2.23. The molecule has 3 aromatic rings. The fourth-order valence-electron chi connectivity index (χ4n) is 3.99. The first kappa shape index (κ1) is 21.5. The Bertz CT molecular complexity index is 1120. The number of benzene rings is 1. The Morgan fingerprint density at radius 3 is 2.68 bits per heavy atom. The lowest BCUT2D eigenvalue weighted by Crippen LogP contribution is -2.48. The number of imidazole rings is 1. The second-order valence-corrected chi connectivity index (χ2v) is 8.44. The molecule has 0 unspecified atom stereocenters. The number of hydrogen-bond donors (Lipinski definition) is 2. The number of hydrogen-bond acceptors (Lipinski definition) is 4. The van der Waals surface area contributed by atoms with Gasteiger partial charge in [-0.15, -0.1) is 0 Å². The molecule has 0 aliphatic heterocycles. The van der Waals surface area contributed by atoms with Gasteiger partial charge < -0.3 is 15.8 Å². The third kappa shape index (κ3) is 4.36. The number of carbonyl (C=O) groups excluding carboxylic acids is 1. The van der Waals surface area contributed by atoms with E-state index in [-0.39, 0.29) is 34.4 Å². The van der Waals surface area contributed by atoms with E-state index in [0.717, 1.165) is 37.8 Å². The van der Waals surface area contributed by atoms with E-state index < -0.39 is 11.6 Å². The Hall–Kier alpha value is -2.71. The normalized spacial score (nSPS) is 15.4. The molecule has 1 aliphatic carbocycles. The van der Waals surface area contributed by atoms with Gasteiger partial charge in [0, 0.05) is 24.3 Å². The topological polar surface area (TPSA) is 81.7 Å². The molecule has 0 saturated heterocycles. The number of amides is 1. The third-order valence-electron chi connectivity index (χ3n) is 5.68. The molecule has 1 aliphatic rings. The first-order valence-corrected chi connectivity index (χ1v) is 10.5. The van der Waals surface area contributed by atoms with Crippen molar-refractivity contribution in [2.45, 2.75) is 44.8 Å². The van der Waals surface area contributed by atoms with E-state index in [0.29, 0.717) is 23.6 Å². The van der Waals surface area contributed by atoms with E-state index in [4.69, 9.17) is 22.1 Å². The molecular formula is C22H23ClF2N4O2. The van der Waals surface area contributed by atoms with E-state index >= 15 is 0 Å². The predicted molar refractivity (Wildman–Crippen MR) is 113 cm³/mol. The summed E-state index contributed by atoms with van der Waals surface area (Å²) in [6.07, 6.45) is 5.40. The van der Waals surface area contributed by atoms with Gasteiger partial charge in [0.15, 0.2) is 11.4 Å². The summed E-state index contributed by atoms with van der Waals surface area (Å²) < 4.78 is 35.0. The van der Waals surface area contributed by atoms with E-state index in [2.05, 4.69) is 10.3 Å². The van der Waals surface area contributed by atoms with Crippen molar-refractivity contribution in [1.82, 2.24) is 14.7 Å². The molecule has 2 aromatic heterocycles. The number of nitrogens with two attached hydrogens (primary N) is 1. The van der Waals surface area contributed by atoms with Crippen LogP contribution in [-0.4, -0.2) is 27.4 Å². The maximum atomic E-state index is 13.9. The van der Waals surface area contributed by atoms with Crippen LogP contribution in [0.15, 0.2) is 30.5 Å². The summed E-state index contributed by atoms with van der Waals surface area (Å²) in [4.78, 5) is 17.3. The second-order valence-electron chi connectivity index (χ2n) is 8.00. The zero-order chi connectivity index (χ0) is 22.2. The highest BCUT2D eigenvalue weighted by molar-refractivity contribution is 6.30. The van der Waals surface area contributed by atoms with Crippen molar-refractivity contribution >= 4 is 23.2 Å². The van der Waals surface area contributed by atoms with Gasteiger partial charge in [-0.25, -0.2) is 13.8 Å². The van der Waals surface area contributed by atoms with Gasteiger partial charge in [0.05, 0.1) is 16.3 Å². The number of aromatic nitrogens is 2. The first-order valence-electron chi connectivity index (χ1n) is 10.1. The zero-order valence-electron chi connectivity index (χ0n) is 17.1. The summed E-state index contributed by atoms with van der Waals surface area (Å²) in [5, 5.41) is 3.19. The molecule has 1 aromatic carbocycles. The molecule has 0 atom stereocenters. The Kier molecular flexibility index (Phi) is 5.85. The van der Waals surface area contributed by atoms with Crippen molar-refractivity contribution < 1.29 is 18.3 Å². The molecular weight excluding hydrogens is 426 g/mol. The van der Waals surface area contributed by atoms with Crippen molar-refractivity contribution in [1.29, 1.82) is 0 Å². The molecule has 1 saturated carbocycles. The van der Waals surface area contributed by atoms with Gasteiger partial charge in [-0.1, -0.05) is 30.5 Å². The fraction of sp³-hybridized carbons (Fsp3) is 0.364. The van der Waals surface area contributed by atoms with Crippen molar-refractivity contribution in [3.63, 3.8) is 0 Å². The molecule has 6 nitrogen and oxygen atoms in total. The van der Waals surface area contributed by atoms with Crippen LogP contribution in [0.4, 0.5) is 8.78 Å². The monoisotopic (exact) mass is 448 g/mol. The van der Waals surface area contributed by atoms with Crippen LogP contribution in [0.5, 0.6) is 5.75 Å². The molecule has 9 heteroatoms. The molecule has 1 amide bonds. The van der Waals surface area contributed by atoms with E-state index in [9.17, 15) is 13.6 Å². The summed E-state index contributed by atoms with van der Waals surface area (Å²) in [6, 6.07) is 5.10. The average molecular weight is 449 g/mol. The number of carbonyl (C=O) groups is 1. The highest BCUT2D eigenvalue weighted by Crippen LogP contribution is 2.29. The Morgan fingerprint density at radius 1 is 1.32 bits per heavy atom. The van der Waals surface area contributed by atoms with Gasteiger partial charge >= 0.3 is 0 Å². The molecule has 0 spiro atoms. The summed E-state index contributed by atoms with van der Waals surface area (Å²) in [5.74, 6) is -1.53. The van der Waals surface area contributed by atoms with Crippen LogP contribution in [0, 0.1) is 18.6 Å². The number of pyridine rings is 1. The third-order valence-corrected chi connectivity index (χ3v) is 5.88. The Morgan fingerprint density at radius 2 is 2.00 bits per heavy atom. The number of ether oxygens (including phenoxy) is 1. The largest absolute Gasteiger partial charge is 0.485 e. The fourth-order valence-corrected chi connectivity index (χ4v) is 4.19. The molecule has 4 rings (SSSR count). The maximum Gasteiger partial charge on any atom is 0.270 e. The predicted octanol–water partition coefficient (Wildman–Crippen LogP) is 4.15. The minimum Gasteiger partial charge on any atom is -0.485 e. The number of nitrogens with one attached hydrogen (secondary N) is 1. The number of nitrogens with zero attached hydrogens (tertiary/aromatic N) is 2. The Labute approximate surface area is 183 Å². The second kappa shape index (κ2) is 8.43. The van der Waals surface area contributed by atoms with E-state index in [1.165, 1.54) is 16.5 Å². The molecule has 31 heavy (non-hydrogen) atoms. The quantitative estimate of drug-likeness (QED) is 0.593. The van der Waals surface area contributed by atoms with Crippen molar-refractivity contribution in [3.05, 3.63) is 64.1 Å². The summed E-state index contributed by atoms with van der Waals surface area (Å²) >= 11 is 6.23. The molecule has 0 bridgehead atoms. The summed E-state index contributed by atoms with van der Waals surface area (Å²) in [6.45, 7) is 1.72. The van der Waals surface area contributed by atoms with Crippen LogP contribution in [0.1, 0.15) is 47.4 Å². The van der Waals surface area contributed by atoms with Crippen molar-refractivity contribution in [3.8, 4) is 5.75 Å². The SMILES string of the molecule is Cc1nc2c(OCc3c(F)cccc3F)cc(Cl)cn2c1C(=O)NCC1(N)CCCC1. The standard InChI is InChI=1S/C22H23ClF2N4O2/c1-13-19(21(30)27-12-22(26)7-2-3-8-22)29-10-14(23)9-18(20(29)28-13)31-11-15-16(24)5-4-6-17(15)25/h4-6,9-10H,2-3,7-8,11-12,26H2,1H3,(H,27,30). The van der Waals surface area contributed by atoms with E-state index in [1.807, 2.05) is 0 Å². The van der Waals surface area contributed by atoms with Crippen LogP contribution in [-0.2, 0) is 6.61 Å². The lowest BCUT2D eigenvalue weighted by atomic mass is 9.99. The molecule has 164 valence electrons. The van der Waals surface area contributed by atoms with E-state index in [1.54, 1.807) is 13.1 Å². The van der Waals surface area contributed by atoms with Crippen molar-refractivity contribution in [2.75, 3.05) is 6.54 Å². The number of aryl methyl sites for hydroxylation is 1. The minimum absolute atomic E-state index is 0.202. The Balaban J connectivity index is 1.61. The molecule has 1 fully saturated rings. The van der Waals surface area contributed by atoms with Gasteiger partial charge in [0.1, 0.15) is 23.9 Å². The van der Waals surface area contributed by atoms with Gasteiger partial charge in [0.25, 0.3) is 5.91 Å². The van der Waals surface area contributed by atoms with Crippen LogP contribution in [0.25, 0.3) is 5.65 Å². The number of fused-ring (bicyclic) bond motifs is 1. The van der Waals surface area contributed by atoms with Crippen LogP contribution in [0.2, 0.25) is 5.02 Å². The van der Waals surface area contributed by atoms with Gasteiger partial charge in [-0.3, -0.25) is 9.20 Å². The van der Waals surface area contributed by atoms with Crippen LogP contribution < -0.4 is 15.8 Å². The summed E-state index contributed by atoms with van der Waals surface area (Å²) in [7, 11) is 0. The minimum atomic E-state index is -0.708. The van der Waals surface area contributed by atoms with Gasteiger partial charge in [-0.2, -0.15) is 0 Å². The van der Waals surface area contributed by atoms with Crippen molar-refractivity contribution in [2.24, 2.45) is 5.73 Å². The van der Waals surface area contributed by atoms with Gasteiger partial charge in [0.2, 0.25) is 0 Å². The molecule has 2 heterocycles. The first-order chi connectivity index (χ1) is 14.8. The van der Waals surface area contributed by atoms with Gasteiger partial charge in [-0.05, 0) is 31.9 Å².